The van der Waals surface area contributed by atoms with Gasteiger partial charge in [0.25, 0.3) is 5.91 Å². The first-order valence-corrected chi connectivity index (χ1v) is 9.25. The summed E-state index contributed by atoms with van der Waals surface area (Å²) in [5.41, 5.74) is 1.42. The van der Waals surface area contributed by atoms with Crippen LogP contribution in [-0.2, 0) is 16.1 Å². The number of carbonyl (C=O) groups is 2. The first kappa shape index (κ1) is 16.8. The van der Waals surface area contributed by atoms with E-state index in [0.29, 0.717) is 13.1 Å². The van der Waals surface area contributed by atoms with Crippen LogP contribution in [0.25, 0.3) is 0 Å². The van der Waals surface area contributed by atoms with Gasteiger partial charge in [0.1, 0.15) is 12.1 Å². The minimum Gasteiger partial charge on any atom is -0.328 e. The fraction of sp³-hybridized carbons (Fsp3) is 0.450. The standard InChI is InChI=1S/C20H24N4O2/c1-16-4-6-17(7-5-16)23-11-2-8-20(19(23)26)9-3-12-24(20)18(25)14-22-13-10-21-15-22/h4-7,10,13,15H,2-3,8-9,11-12,14H2,1H3. The molecule has 1 aromatic carbocycles. The molecule has 4 rings (SSSR count). The monoisotopic (exact) mass is 352 g/mol. The number of hydrogen-bond acceptors (Lipinski definition) is 3. The highest BCUT2D eigenvalue weighted by Gasteiger charge is 2.52. The van der Waals surface area contributed by atoms with Gasteiger partial charge in [-0.15, -0.1) is 0 Å². The lowest BCUT2D eigenvalue weighted by atomic mass is 9.85. The Morgan fingerprint density at radius 3 is 2.58 bits per heavy atom. The van der Waals surface area contributed by atoms with Gasteiger partial charge in [-0.1, -0.05) is 17.7 Å². The Hall–Kier alpha value is -2.63. The zero-order valence-electron chi connectivity index (χ0n) is 15.1. The van der Waals surface area contributed by atoms with Crippen molar-refractivity contribution in [2.45, 2.75) is 44.7 Å². The van der Waals surface area contributed by atoms with Crippen molar-refractivity contribution < 1.29 is 9.59 Å². The molecule has 2 aliphatic heterocycles. The number of nitrogens with zero attached hydrogens (tertiary/aromatic N) is 4. The average molecular weight is 352 g/mol. The third-order valence-corrected chi connectivity index (χ3v) is 5.63. The Morgan fingerprint density at radius 2 is 1.88 bits per heavy atom. The fourth-order valence-electron chi connectivity index (χ4n) is 4.31. The molecule has 3 heterocycles. The Bertz CT molecular complexity index is 800. The third-order valence-electron chi connectivity index (χ3n) is 5.63. The predicted octanol–water partition coefficient (Wildman–Crippen LogP) is 2.38. The van der Waals surface area contributed by atoms with E-state index in [9.17, 15) is 9.59 Å². The van der Waals surface area contributed by atoms with Crippen LogP contribution < -0.4 is 4.90 Å². The topological polar surface area (TPSA) is 58.4 Å². The summed E-state index contributed by atoms with van der Waals surface area (Å²) >= 11 is 0. The predicted molar refractivity (Wildman–Crippen MR) is 98.7 cm³/mol. The number of imidazole rings is 1. The molecule has 1 aromatic heterocycles. The minimum atomic E-state index is -0.680. The first-order chi connectivity index (χ1) is 12.6. The second-order valence-electron chi connectivity index (χ2n) is 7.31. The van der Waals surface area contributed by atoms with Gasteiger partial charge in [0, 0.05) is 31.2 Å². The molecule has 0 aliphatic carbocycles. The number of carbonyl (C=O) groups excluding carboxylic acids is 2. The van der Waals surface area contributed by atoms with Gasteiger partial charge in [0.15, 0.2) is 0 Å². The summed E-state index contributed by atoms with van der Waals surface area (Å²) in [6.45, 7) is 3.64. The van der Waals surface area contributed by atoms with Crippen LogP contribution in [-0.4, -0.2) is 44.9 Å². The molecule has 1 spiro atoms. The Labute approximate surface area is 153 Å². The maximum Gasteiger partial charge on any atom is 0.252 e. The zero-order valence-corrected chi connectivity index (χ0v) is 15.1. The fourth-order valence-corrected chi connectivity index (χ4v) is 4.31. The molecular weight excluding hydrogens is 328 g/mol. The normalized spacial score (nSPS) is 23.0. The number of rotatable bonds is 3. The second-order valence-corrected chi connectivity index (χ2v) is 7.31. The van der Waals surface area contributed by atoms with E-state index in [4.69, 9.17) is 0 Å². The summed E-state index contributed by atoms with van der Waals surface area (Å²) in [5.74, 6) is 0.0729. The van der Waals surface area contributed by atoms with Crippen LogP contribution in [0, 0.1) is 6.92 Å². The molecule has 2 saturated heterocycles. The molecule has 136 valence electrons. The molecule has 0 N–H and O–H groups in total. The summed E-state index contributed by atoms with van der Waals surface area (Å²) in [5, 5.41) is 0. The van der Waals surface area contributed by atoms with Gasteiger partial charge in [-0.3, -0.25) is 9.59 Å². The van der Waals surface area contributed by atoms with Gasteiger partial charge >= 0.3 is 0 Å². The van der Waals surface area contributed by atoms with Crippen LogP contribution in [0.5, 0.6) is 0 Å². The third kappa shape index (κ3) is 2.79. The molecule has 1 atom stereocenters. The molecule has 6 nitrogen and oxygen atoms in total. The Morgan fingerprint density at radius 1 is 1.15 bits per heavy atom. The quantitative estimate of drug-likeness (QED) is 0.852. The summed E-state index contributed by atoms with van der Waals surface area (Å²) in [6, 6.07) is 8.05. The number of hydrogen-bond donors (Lipinski definition) is 0. The van der Waals surface area contributed by atoms with Gasteiger partial charge in [-0.2, -0.15) is 0 Å². The minimum absolute atomic E-state index is 0.000365. The van der Waals surface area contributed by atoms with Crippen LogP contribution in [0.15, 0.2) is 43.0 Å². The molecule has 0 bridgehead atoms. The van der Waals surface area contributed by atoms with Crippen molar-refractivity contribution in [3.8, 4) is 0 Å². The molecule has 6 heteroatoms. The highest BCUT2D eigenvalue weighted by atomic mass is 16.2. The number of benzene rings is 1. The summed E-state index contributed by atoms with van der Waals surface area (Å²) < 4.78 is 1.76. The number of aromatic nitrogens is 2. The largest absolute Gasteiger partial charge is 0.328 e. The van der Waals surface area contributed by atoms with Crippen LogP contribution in [0.4, 0.5) is 5.69 Å². The molecule has 26 heavy (non-hydrogen) atoms. The van der Waals surface area contributed by atoms with E-state index in [2.05, 4.69) is 4.98 Å². The van der Waals surface area contributed by atoms with Gasteiger partial charge < -0.3 is 14.4 Å². The van der Waals surface area contributed by atoms with Crippen molar-refractivity contribution in [1.29, 1.82) is 0 Å². The molecule has 0 radical (unpaired) electrons. The summed E-state index contributed by atoms with van der Waals surface area (Å²) in [7, 11) is 0. The highest BCUT2D eigenvalue weighted by Crippen LogP contribution is 2.39. The van der Waals surface area contributed by atoms with Crippen molar-refractivity contribution in [2.24, 2.45) is 0 Å². The number of aryl methyl sites for hydroxylation is 1. The van der Waals surface area contributed by atoms with Gasteiger partial charge in [-0.25, -0.2) is 4.98 Å². The van der Waals surface area contributed by atoms with Crippen LogP contribution in [0.3, 0.4) is 0 Å². The highest BCUT2D eigenvalue weighted by molar-refractivity contribution is 6.03. The molecule has 0 saturated carbocycles. The van der Waals surface area contributed by atoms with E-state index in [-0.39, 0.29) is 18.4 Å². The molecule has 2 aliphatic rings. The zero-order chi connectivity index (χ0) is 18.1. The van der Waals surface area contributed by atoms with Crippen LogP contribution in [0.1, 0.15) is 31.2 Å². The second kappa shape index (κ2) is 6.59. The molecule has 2 fully saturated rings. The lowest BCUT2D eigenvalue weighted by molar-refractivity contribution is -0.145. The first-order valence-electron chi connectivity index (χ1n) is 9.25. The van der Waals surface area contributed by atoms with Crippen molar-refractivity contribution in [3.05, 3.63) is 48.5 Å². The number of likely N-dealkylation sites (tertiary alicyclic amines) is 1. The average Bonchev–Trinajstić information content (AvgIpc) is 3.29. The van der Waals surface area contributed by atoms with E-state index in [1.165, 1.54) is 5.56 Å². The van der Waals surface area contributed by atoms with Crippen molar-refractivity contribution >= 4 is 17.5 Å². The SMILES string of the molecule is Cc1ccc(N2CCCC3(CCCN3C(=O)Cn3ccnc3)C2=O)cc1. The molecular formula is C20H24N4O2. The van der Waals surface area contributed by atoms with Gasteiger partial charge in [0.2, 0.25) is 5.91 Å². The van der Waals surface area contributed by atoms with Gasteiger partial charge in [0.05, 0.1) is 6.33 Å². The van der Waals surface area contributed by atoms with Crippen molar-refractivity contribution in [3.63, 3.8) is 0 Å². The number of amides is 2. The Kier molecular flexibility index (Phi) is 4.26. The van der Waals surface area contributed by atoms with Crippen LogP contribution in [0.2, 0.25) is 0 Å². The molecule has 2 amide bonds. The Balaban J connectivity index is 1.59. The maximum absolute atomic E-state index is 13.5. The summed E-state index contributed by atoms with van der Waals surface area (Å²) in [6.07, 6.45) is 8.38. The van der Waals surface area contributed by atoms with E-state index in [0.717, 1.165) is 31.4 Å². The summed E-state index contributed by atoms with van der Waals surface area (Å²) in [4.78, 5) is 34.1. The van der Waals surface area contributed by atoms with E-state index in [1.54, 1.807) is 23.3 Å². The molecule has 1 unspecified atom stereocenters. The number of anilines is 1. The lowest BCUT2D eigenvalue weighted by Gasteiger charge is -2.44. The van der Waals surface area contributed by atoms with Crippen molar-refractivity contribution in [1.82, 2.24) is 14.5 Å². The van der Waals surface area contributed by atoms with Crippen molar-refractivity contribution in [2.75, 3.05) is 18.0 Å². The van der Waals surface area contributed by atoms with Gasteiger partial charge in [-0.05, 0) is 44.7 Å². The number of piperidine rings is 1. The van der Waals surface area contributed by atoms with E-state index < -0.39 is 5.54 Å². The van der Waals surface area contributed by atoms with E-state index >= 15 is 0 Å². The van der Waals surface area contributed by atoms with Crippen LogP contribution >= 0.6 is 0 Å². The van der Waals surface area contributed by atoms with E-state index in [1.807, 2.05) is 41.0 Å². The maximum atomic E-state index is 13.5. The smallest absolute Gasteiger partial charge is 0.252 e. The lowest BCUT2D eigenvalue weighted by Crippen LogP contribution is -2.62. The molecule has 2 aromatic rings.